The molecule has 0 bridgehead atoms. The lowest BCUT2D eigenvalue weighted by Gasteiger charge is -2.35. The molecule has 2 fully saturated rings. The van der Waals surface area contributed by atoms with E-state index in [1.165, 1.54) is 29.8 Å². The van der Waals surface area contributed by atoms with E-state index in [1.807, 2.05) is 24.3 Å². The molecule has 4 rings (SSSR count). The van der Waals surface area contributed by atoms with Crippen molar-refractivity contribution in [3.8, 4) is 0 Å². The molecule has 33 heavy (non-hydrogen) atoms. The SMILES string of the molecule is CC1CN(Cc2ccc(C(=O)N3CCN(C(=O)Nc4ccc(F)cc4)CC3)cc2)CC(C)O1. The van der Waals surface area contributed by atoms with Gasteiger partial charge in [-0.15, -0.1) is 0 Å². The Balaban J connectivity index is 1.27. The van der Waals surface area contributed by atoms with E-state index in [2.05, 4.69) is 24.1 Å². The highest BCUT2D eigenvalue weighted by molar-refractivity contribution is 5.94. The molecule has 0 aromatic heterocycles. The summed E-state index contributed by atoms with van der Waals surface area (Å²) in [4.78, 5) is 31.2. The Morgan fingerprint density at radius 1 is 0.909 bits per heavy atom. The zero-order valence-corrected chi connectivity index (χ0v) is 19.2. The molecule has 2 heterocycles. The number of amides is 3. The highest BCUT2D eigenvalue weighted by Gasteiger charge is 2.25. The first-order valence-corrected chi connectivity index (χ1v) is 11.4. The molecule has 7 nitrogen and oxygen atoms in total. The largest absolute Gasteiger partial charge is 0.373 e. The number of nitrogens with zero attached hydrogens (tertiary/aromatic N) is 3. The van der Waals surface area contributed by atoms with Crippen molar-refractivity contribution in [3.63, 3.8) is 0 Å². The van der Waals surface area contributed by atoms with Crippen LogP contribution in [0.25, 0.3) is 0 Å². The molecular formula is C25H31FN4O3. The Morgan fingerprint density at radius 2 is 1.48 bits per heavy atom. The summed E-state index contributed by atoms with van der Waals surface area (Å²) < 4.78 is 18.8. The summed E-state index contributed by atoms with van der Waals surface area (Å²) in [6.07, 6.45) is 0.456. The number of ether oxygens (including phenoxy) is 1. The number of carbonyl (C=O) groups is 2. The Kier molecular flexibility index (Phi) is 7.25. The van der Waals surface area contributed by atoms with Crippen LogP contribution in [0.1, 0.15) is 29.8 Å². The second-order valence-corrected chi connectivity index (χ2v) is 8.86. The maximum absolute atomic E-state index is 13.0. The van der Waals surface area contributed by atoms with Crippen molar-refractivity contribution < 1.29 is 18.7 Å². The van der Waals surface area contributed by atoms with Crippen molar-refractivity contribution in [1.29, 1.82) is 0 Å². The molecule has 2 unspecified atom stereocenters. The first-order chi connectivity index (χ1) is 15.9. The minimum Gasteiger partial charge on any atom is -0.373 e. The fourth-order valence-corrected chi connectivity index (χ4v) is 4.46. The van der Waals surface area contributed by atoms with E-state index in [1.54, 1.807) is 9.80 Å². The van der Waals surface area contributed by atoms with Crippen LogP contribution in [0.4, 0.5) is 14.9 Å². The maximum atomic E-state index is 13.0. The third-order valence-electron chi connectivity index (χ3n) is 6.05. The minimum atomic E-state index is -0.349. The molecule has 176 valence electrons. The van der Waals surface area contributed by atoms with Crippen LogP contribution >= 0.6 is 0 Å². The van der Waals surface area contributed by atoms with Gasteiger partial charge in [-0.3, -0.25) is 9.69 Å². The first kappa shape index (κ1) is 23.2. The molecule has 2 aliphatic heterocycles. The predicted octanol–water partition coefficient (Wildman–Crippen LogP) is 3.42. The monoisotopic (exact) mass is 454 g/mol. The first-order valence-electron chi connectivity index (χ1n) is 11.4. The molecule has 2 saturated heterocycles. The van der Waals surface area contributed by atoms with Crippen LogP contribution in [-0.2, 0) is 11.3 Å². The topological polar surface area (TPSA) is 65.1 Å². The molecule has 0 aliphatic carbocycles. The maximum Gasteiger partial charge on any atom is 0.321 e. The Labute approximate surface area is 194 Å². The number of piperazine rings is 1. The second kappa shape index (κ2) is 10.3. The number of urea groups is 1. The lowest BCUT2D eigenvalue weighted by atomic mass is 10.1. The molecule has 0 saturated carbocycles. The second-order valence-electron chi connectivity index (χ2n) is 8.86. The molecule has 2 aliphatic rings. The van der Waals surface area contributed by atoms with Gasteiger partial charge in [0.05, 0.1) is 12.2 Å². The number of benzene rings is 2. The van der Waals surface area contributed by atoms with Gasteiger partial charge in [-0.1, -0.05) is 12.1 Å². The van der Waals surface area contributed by atoms with Crippen LogP contribution in [0.2, 0.25) is 0 Å². The standard InChI is InChI=1S/C25H31FN4O3/c1-18-15-28(16-19(2)33-18)17-20-3-5-21(6-4-20)24(31)29-11-13-30(14-12-29)25(32)27-23-9-7-22(26)8-10-23/h3-10,18-19H,11-17H2,1-2H3,(H,27,32). The summed E-state index contributed by atoms with van der Waals surface area (Å²) in [5.74, 6) is -0.368. The summed E-state index contributed by atoms with van der Waals surface area (Å²) in [6, 6.07) is 13.2. The van der Waals surface area contributed by atoms with E-state index < -0.39 is 0 Å². The van der Waals surface area contributed by atoms with E-state index in [0.717, 1.165) is 19.6 Å². The predicted molar refractivity (Wildman–Crippen MR) is 125 cm³/mol. The Hall–Kier alpha value is -2.97. The van der Waals surface area contributed by atoms with Gasteiger partial charge in [-0.25, -0.2) is 9.18 Å². The van der Waals surface area contributed by atoms with Gasteiger partial charge in [0.1, 0.15) is 5.82 Å². The van der Waals surface area contributed by atoms with Gasteiger partial charge in [0.15, 0.2) is 0 Å². The molecule has 2 aromatic rings. The zero-order chi connectivity index (χ0) is 23.4. The molecule has 2 atom stereocenters. The number of carbonyl (C=O) groups excluding carboxylic acids is 2. The number of morpholine rings is 1. The zero-order valence-electron chi connectivity index (χ0n) is 19.2. The molecule has 0 radical (unpaired) electrons. The third kappa shape index (κ3) is 6.09. The summed E-state index contributed by atoms with van der Waals surface area (Å²) in [5.41, 5.74) is 2.38. The van der Waals surface area contributed by atoms with Crippen molar-refractivity contribution in [2.45, 2.75) is 32.6 Å². The van der Waals surface area contributed by atoms with Gasteiger partial charge in [0.25, 0.3) is 5.91 Å². The number of nitrogens with one attached hydrogen (secondary N) is 1. The molecule has 3 amide bonds. The van der Waals surface area contributed by atoms with Crippen LogP contribution in [-0.4, -0.2) is 78.1 Å². The Bertz CT molecular complexity index is 949. The van der Waals surface area contributed by atoms with Gasteiger partial charge in [0, 0.05) is 57.1 Å². The summed E-state index contributed by atoms with van der Waals surface area (Å²) in [6.45, 7) is 8.69. The number of halogens is 1. The lowest BCUT2D eigenvalue weighted by Crippen LogP contribution is -2.51. The fourth-order valence-electron chi connectivity index (χ4n) is 4.46. The highest BCUT2D eigenvalue weighted by atomic mass is 19.1. The van der Waals surface area contributed by atoms with Gasteiger partial charge in [-0.05, 0) is 55.8 Å². The minimum absolute atomic E-state index is 0.0197. The quantitative estimate of drug-likeness (QED) is 0.769. The van der Waals surface area contributed by atoms with Crippen LogP contribution in [0.15, 0.2) is 48.5 Å². The number of hydrogen-bond donors (Lipinski definition) is 1. The molecular weight excluding hydrogens is 423 g/mol. The van der Waals surface area contributed by atoms with Crippen molar-refractivity contribution in [3.05, 3.63) is 65.5 Å². The normalized spacial score (nSPS) is 21.7. The number of rotatable bonds is 4. The average Bonchev–Trinajstić information content (AvgIpc) is 2.80. The van der Waals surface area contributed by atoms with E-state index in [-0.39, 0.29) is 30.0 Å². The van der Waals surface area contributed by atoms with Gasteiger partial charge >= 0.3 is 6.03 Å². The number of anilines is 1. The molecule has 1 N–H and O–H groups in total. The van der Waals surface area contributed by atoms with Gasteiger partial charge < -0.3 is 19.9 Å². The van der Waals surface area contributed by atoms with Crippen LogP contribution < -0.4 is 5.32 Å². The Morgan fingerprint density at radius 3 is 2.09 bits per heavy atom. The van der Waals surface area contributed by atoms with Gasteiger partial charge in [0.2, 0.25) is 0 Å². The van der Waals surface area contributed by atoms with E-state index in [0.29, 0.717) is 37.4 Å². The van der Waals surface area contributed by atoms with E-state index >= 15 is 0 Å². The van der Waals surface area contributed by atoms with Crippen molar-refractivity contribution in [2.75, 3.05) is 44.6 Å². The fraction of sp³-hybridized carbons (Fsp3) is 0.440. The van der Waals surface area contributed by atoms with Crippen molar-refractivity contribution >= 4 is 17.6 Å². The average molecular weight is 455 g/mol. The molecule has 8 heteroatoms. The van der Waals surface area contributed by atoms with E-state index in [9.17, 15) is 14.0 Å². The van der Waals surface area contributed by atoms with Crippen LogP contribution in [0.5, 0.6) is 0 Å². The van der Waals surface area contributed by atoms with Crippen molar-refractivity contribution in [1.82, 2.24) is 14.7 Å². The highest BCUT2D eigenvalue weighted by Crippen LogP contribution is 2.16. The molecule has 2 aromatic carbocycles. The summed E-state index contributed by atoms with van der Waals surface area (Å²) in [7, 11) is 0. The lowest BCUT2D eigenvalue weighted by molar-refractivity contribution is -0.0704. The smallest absolute Gasteiger partial charge is 0.321 e. The van der Waals surface area contributed by atoms with Crippen LogP contribution in [0.3, 0.4) is 0 Å². The number of hydrogen-bond acceptors (Lipinski definition) is 4. The third-order valence-corrected chi connectivity index (χ3v) is 6.05. The van der Waals surface area contributed by atoms with Crippen LogP contribution in [0, 0.1) is 5.82 Å². The van der Waals surface area contributed by atoms with Crippen molar-refractivity contribution in [2.24, 2.45) is 0 Å². The summed E-state index contributed by atoms with van der Waals surface area (Å²) in [5, 5.41) is 2.76. The van der Waals surface area contributed by atoms with E-state index in [4.69, 9.17) is 4.74 Å². The van der Waals surface area contributed by atoms with Gasteiger partial charge in [-0.2, -0.15) is 0 Å². The summed E-state index contributed by atoms with van der Waals surface area (Å²) >= 11 is 0. The molecule has 0 spiro atoms.